The number of hydrogen-bond acceptors (Lipinski definition) is 3. The molecule has 5 nitrogen and oxygen atoms in total. The lowest BCUT2D eigenvalue weighted by molar-refractivity contribution is -0.142. The van der Waals surface area contributed by atoms with Gasteiger partial charge in [-0.1, -0.05) is 29.8 Å². The van der Waals surface area contributed by atoms with Crippen molar-refractivity contribution in [2.24, 2.45) is 5.92 Å². The van der Waals surface area contributed by atoms with Gasteiger partial charge in [0.1, 0.15) is 5.82 Å². The number of carboxylic acid groups (broad SMARTS) is 1. The Bertz CT molecular complexity index is 878. The number of hydrogen-bond donors (Lipinski definition) is 1. The van der Waals surface area contributed by atoms with Crippen LogP contribution >= 0.6 is 0 Å². The molecule has 1 aliphatic heterocycles. The minimum Gasteiger partial charge on any atom is -0.481 e. The number of aliphatic carboxylic acids is 1. The predicted octanol–water partition coefficient (Wildman–Crippen LogP) is 2.97. The van der Waals surface area contributed by atoms with Gasteiger partial charge in [-0.2, -0.15) is 4.31 Å². The van der Waals surface area contributed by atoms with Crippen molar-refractivity contribution >= 4 is 16.0 Å². The second-order valence-electron chi connectivity index (χ2n) is 6.16. The molecule has 0 aliphatic carbocycles. The number of aryl methyl sites for hydroxylation is 1. The zero-order chi connectivity index (χ0) is 18.2. The van der Waals surface area contributed by atoms with E-state index in [1.807, 2.05) is 6.92 Å². The fourth-order valence-corrected chi connectivity index (χ4v) is 4.86. The van der Waals surface area contributed by atoms with Gasteiger partial charge in [0.05, 0.1) is 16.9 Å². The van der Waals surface area contributed by atoms with Crippen LogP contribution in [0, 0.1) is 18.7 Å². The summed E-state index contributed by atoms with van der Waals surface area (Å²) >= 11 is 0. The van der Waals surface area contributed by atoms with E-state index in [2.05, 4.69) is 0 Å². The molecule has 1 aliphatic rings. The first kappa shape index (κ1) is 17.6. The van der Waals surface area contributed by atoms with Crippen LogP contribution in [-0.2, 0) is 14.8 Å². The summed E-state index contributed by atoms with van der Waals surface area (Å²) in [7, 11) is -3.85. The van der Waals surface area contributed by atoms with Gasteiger partial charge in [-0.05, 0) is 43.2 Å². The molecule has 3 rings (SSSR count). The number of rotatable bonds is 4. The van der Waals surface area contributed by atoms with Gasteiger partial charge in [-0.3, -0.25) is 4.79 Å². The van der Waals surface area contributed by atoms with Crippen molar-refractivity contribution in [3.63, 3.8) is 0 Å². The molecule has 132 valence electrons. The summed E-state index contributed by atoms with van der Waals surface area (Å²) in [6, 6.07) is 10.9. The summed E-state index contributed by atoms with van der Waals surface area (Å²) in [6.07, 6.45) is 0.211. The molecule has 1 fully saturated rings. The molecule has 0 saturated carbocycles. The molecule has 2 aromatic rings. The summed E-state index contributed by atoms with van der Waals surface area (Å²) in [5, 5.41) is 9.49. The fraction of sp³-hybridized carbons (Fsp3) is 0.278. The largest absolute Gasteiger partial charge is 0.481 e. The van der Waals surface area contributed by atoms with Crippen LogP contribution < -0.4 is 0 Å². The molecule has 7 heteroatoms. The number of halogens is 1. The summed E-state index contributed by atoms with van der Waals surface area (Å²) in [6.45, 7) is 1.96. The average molecular weight is 363 g/mol. The van der Waals surface area contributed by atoms with Crippen LogP contribution in [0.2, 0.25) is 0 Å². The van der Waals surface area contributed by atoms with Crippen LogP contribution in [0.15, 0.2) is 53.4 Å². The Kier molecular flexibility index (Phi) is 4.62. The van der Waals surface area contributed by atoms with Gasteiger partial charge in [-0.25, -0.2) is 12.8 Å². The lowest BCUT2D eigenvalue weighted by atomic mass is 9.94. The van der Waals surface area contributed by atoms with Crippen molar-refractivity contribution in [2.45, 2.75) is 24.3 Å². The monoisotopic (exact) mass is 363 g/mol. The molecule has 1 heterocycles. The van der Waals surface area contributed by atoms with Gasteiger partial charge in [0.25, 0.3) is 0 Å². The molecule has 0 aromatic heterocycles. The molecule has 0 bridgehead atoms. The maximum atomic E-state index is 13.2. The van der Waals surface area contributed by atoms with Crippen LogP contribution in [0.5, 0.6) is 0 Å². The Labute approximate surface area is 145 Å². The first-order valence-electron chi connectivity index (χ1n) is 7.87. The van der Waals surface area contributed by atoms with Crippen molar-refractivity contribution < 1.29 is 22.7 Å². The molecule has 0 spiro atoms. The molecular weight excluding hydrogens is 345 g/mol. The second-order valence-corrected chi connectivity index (χ2v) is 8.05. The molecule has 1 saturated heterocycles. The number of nitrogens with zero attached hydrogens (tertiary/aromatic N) is 1. The van der Waals surface area contributed by atoms with E-state index in [0.29, 0.717) is 5.56 Å². The first-order valence-corrected chi connectivity index (χ1v) is 9.31. The van der Waals surface area contributed by atoms with Crippen LogP contribution in [0.25, 0.3) is 0 Å². The van der Waals surface area contributed by atoms with Gasteiger partial charge in [0.15, 0.2) is 0 Å². The van der Waals surface area contributed by atoms with E-state index in [0.717, 1.165) is 5.56 Å². The van der Waals surface area contributed by atoms with Crippen molar-refractivity contribution in [1.82, 2.24) is 4.31 Å². The zero-order valence-corrected chi connectivity index (χ0v) is 14.4. The molecular formula is C18H18FNO4S. The molecule has 2 atom stereocenters. The van der Waals surface area contributed by atoms with Crippen LogP contribution in [0.4, 0.5) is 4.39 Å². The number of sulfonamides is 1. The molecule has 0 unspecified atom stereocenters. The van der Waals surface area contributed by atoms with Gasteiger partial charge < -0.3 is 5.11 Å². The van der Waals surface area contributed by atoms with E-state index in [4.69, 9.17) is 0 Å². The highest BCUT2D eigenvalue weighted by atomic mass is 32.2. The maximum Gasteiger partial charge on any atom is 0.308 e. The summed E-state index contributed by atoms with van der Waals surface area (Å²) in [4.78, 5) is 11.7. The number of carbonyl (C=O) groups is 1. The minimum atomic E-state index is -3.85. The minimum absolute atomic E-state index is 0.106. The first-order chi connectivity index (χ1) is 11.8. The van der Waals surface area contributed by atoms with Crippen molar-refractivity contribution in [2.75, 3.05) is 6.54 Å². The van der Waals surface area contributed by atoms with Gasteiger partial charge in [0.2, 0.25) is 10.0 Å². The number of benzene rings is 2. The molecule has 0 amide bonds. The van der Waals surface area contributed by atoms with Crippen molar-refractivity contribution in [3.05, 3.63) is 65.5 Å². The summed E-state index contributed by atoms with van der Waals surface area (Å²) in [5.41, 5.74) is 1.40. The normalized spacial score (nSPS) is 21.4. The fourth-order valence-electron chi connectivity index (χ4n) is 3.20. The Morgan fingerprint density at radius 1 is 1.12 bits per heavy atom. The van der Waals surface area contributed by atoms with E-state index < -0.39 is 33.8 Å². The Balaban J connectivity index is 2.05. The summed E-state index contributed by atoms with van der Waals surface area (Å²) in [5.74, 6) is -2.39. The zero-order valence-electron chi connectivity index (χ0n) is 13.6. The van der Waals surface area contributed by atoms with E-state index in [-0.39, 0.29) is 17.9 Å². The topological polar surface area (TPSA) is 74.7 Å². The van der Waals surface area contributed by atoms with E-state index in [1.165, 1.54) is 40.7 Å². The van der Waals surface area contributed by atoms with Crippen LogP contribution in [0.1, 0.15) is 23.6 Å². The molecule has 0 radical (unpaired) electrons. The third-order valence-corrected chi connectivity index (χ3v) is 6.40. The lowest BCUT2D eigenvalue weighted by Crippen LogP contribution is -2.33. The van der Waals surface area contributed by atoms with Crippen LogP contribution in [0.3, 0.4) is 0 Å². The Morgan fingerprint density at radius 3 is 2.28 bits per heavy atom. The average Bonchev–Trinajstić information content (AvgIpc) is 3.02. The lowest BCUT2D eigenvalue weighted by Gasteiger charge is -2.26. The van der Waals surface area contributed by atoms with Crippen molar-refractivity contribution in [3.8, 4) is 0 Å². The highest BCUT2D eigenvalue weighted by Gasteiger charge is 2.45. The van der Waals surface area contributed by atoms with Gasteiger partial charge in [0, 0.05) is 6.54 Å². The quantitative estimate of drug-likeness (QED) is 0.906. The smallest absolute Gasteiger partial charge is 0.308 e. The highest BCUT2D eigenvalue weighted by molar-refractivity contribution is 7.89. The predicted molar refractivity (Wildman–Crippen MR) is 90.0 cm³/mol. The van der Waals surface area contributed by atoms with Gasteiger partial charge in [-0.15, -0.1) is 0 Å². The highest BCUT2D eigenvalue weighted by Crippen LogP contribution is 2.41. The maximum absolute atomic E-state index is 13.2. The Hall–Kier alpha value is -2.25. The van der Waals surface area contributed by atoms with E-state index >= 15 is 0 Å². The standard InChI is InChI=1S/C18H18FNO4S/c1-12-2-8-15(9-3-12)25(23,24)20-11-10-16(18(21)22)17(20)13-4-6-14(19)7-5-13/h2-9,16-17H,10-11H2,1H3,(H,21,22)/t16-,17-/m1/s1. The molecule has 1 N–H and O–H groups in total. The van der Waals surface area contributed by atoms with Crippen molar-refractivity contribution in [1.29, 1.82) is 0 Å². The third-order valence-electron chi connectivity index (χ3n) is 4.51. The SMILES string of the molecule is Cc1ccc(S(=O)(=O)N2CC[C@@H](C(=O)O)[C@H]2c2ccc(F)cc2)cc1. The third kappa shape index (κ3) is 3.29. The van der Waals surface area contributed by atoms with E-state index in [1.54, 1.807) is 12.1 Å². The summed E-state index contributed by atoms with van der Waals surface area (Å²) < 4.78 is 40.5. The Morgan fingerprint density at radius 2 is 1.72 bits per heavy atom. The van der Waals surface area contributed by atoms with Crippen LogP contribution in [-0.4, -0.2) is 30.3 Å². The second kappa shape index (κ2) is 6.57. The molecule has 2 aromatic carbocycles. The van der Waals surface area contributed by atoms with Gasteiger partial charge >= 0.3 is 5.97 Å². The number of carboxylic acids is 1. The molecule has 25 heavy (non-hydrogen) atoms. The van der Waals surface area contributed by atoms with E-state index in [9.17, 15) is 22.7 Å².